The second-order valence-electron chi connectivity index (χ2n) is 8.13. The molecule has 0 fully saturated rings. The number of rotatable bonds is 11. The summed E-state index contributed by atoms with van der Waals surface area (Å²) in [7, 11) is 1.58. The Morgan fingerprint density at radius 1 is 0.941 bits per heavy atom. The molecular weight excluding hydrogens is 431 g/mol. The molecular formula is C28H31FN2O3. The van der Waals surface area contributed by atoms with Crippen molar-refractivity contribution < 1.29 is 18.7 Å². The zero-order valence-electron chi connectivity index (χ0n) is 19.7. The Hall–Kier alpha value is -3.67. The van der Waals surface area contributed by atoms with E-state index in [0.717, 1.165) is 17.5 Å². The van der Waals surface area contributed by atoms with Crippen molar-refractivity contribution in [1.82, 2.24) is 10.2 Å². The molecule has 0 aliphatic heterocycles. The maximum atomic E-state index is 14.6. The van der Waals surface area contributed by atoms with Crippen LogP contribution in [0.2, 0.25) is 0 Å². The molecule has 1 unspecified atom stereocenters. The topological polar surface area (TPSA) is 58.6 Å². The first-order valence-corrected chi connectivity index (χ1v) is 11.5. The maximum absolute atomic E-state index is 14.6. The summed E-state index contributed by atoms with van der Waals surface area (Å²) in [5.41, 5.74) is 2.08. The van der Waals surface area contributed by atoms with Crippen LogP contribution in [0.4, 0.5) is 4.39 Å². The van der Waals surface area contributed by atoms with Crippen molar-refractivity contribution in [3.63, 3.8) is 0 Å². The first-order valence-electron chi connectivity index (χ1n) is 11.5. The third-order valence-corrected chi connectivity index (χ3v) is 5.63. The molecule has 34 heavy (non-hydrogen) atoms. The van der Waals surface area contributed by atoms with Crippen LogP contribution < -0.4 is 10.1 Å². The molecule has 5 nitrogen and oxygen atoms in total. The van der Waals surface area contributed by atoms with Crippen LogP contribution in [-0.4, -0.2) is 36.4 Å². The summed E-state index contributed by atoms with van der Waals surface area (Å²) >= 11 is 0. The minimum Gasteiger partial charge on any atom is -0.497 e. The monoisotopic (exact) mass is 462 g/mol. The average Bonchev–Trinajstić information content (AvgIpc) is 2.86. The Balaban J connectivity index is 1.94. The first kappa shape index (κ1) is 25.0. The number of methoxy groups -OCH3 is 1. The molecule has 2 amide bonds. The second kappa shape index (κ2) is 12.5. The number of halogens is 1. The quantitative estimate of drug-likeness (QED) is 0.455. The zero-order chi connectivity index (χ0) is 24.3. The van der Waals surface area contributed by atoms with E-state index in [2.05, 4.69) is 5.32 Å². The van der Waals surface area contributed by atoms with Crippen LogP contribution >= 0.6 is 0 Å². The second-order valence-corrected chi connectivity index (χ2v) is 8.13. The van der Waals surface area contributed by atoms with Crippen LogP contribution in [0.3, 0.4) is 0 Å². The van der Waals surface area contributed by atoms with Crippen LogP contribution in [0.15, 0.2) is 78.9 Å². The van der Waals surface area contributed by atoms with Crippen molar-refractivity contribution >= 4 is 11.8 Å². The average molecular weight is 463 g/mol. The maximum Gasteiger partial charge on any atom is 0.243 e. The van der Waals surface area contributed by atoms with Crippen LogP contribution in [0.5, 0.6) is 5.75 Å². The highest BCUT2D eigenvalue weighted by molar-refractivity contribution is 5.88. The van der Waals surface area contributed by atoms with Crippen LogP contribution in [0.25, 0.3) is 0 Å². The molecule has 3 aromatic carbocycles. The number of carbonyl (C=O) groups excluding carboxylic acids is 2. The predicted octanol–water partition coefficient (Wildman–Crippen LogP) is 4.54. The van der Waals surface area contributed by atoms with E-state index in [9.17, 15) is 14.0 Å². The lowest BCUT2D eigenvalue weighted by atomic mass is 10.0. The lowest BCUT2D eigenvalue weighted by molar-refractivity contribution is -0.140. The third kappa shape index (κ3) is 6.91. The van der Waals surface area contributed by atoms with Crippen molar-refractivity contribution in [1.29, 1.82) is 0 Å². The lowest BCUT2D eigenvalue weighted by Crippen LogP contribution is -2.51. The van der Waals surface area contributed by atoms with Gasteiger partial charge in [-0.2, -0.15) is 0 Å². The Kier molecular flexibility index (Phi) is 9.21. The summed E-state index contributed by atoms with van der Waals surface area (Å²) in [6.07, 6.45) is 1.20. The van der Waals surface area contributed by atoms with E-state index in [1.807, 2.05) is 49.4 Å². The zero-order valence-corrected chi connectivity index (χ0v) is 19.7. The highest BCUT2D eigenvalue weighted by atomic mass is 19.1. The van der Waals surface area contributed by atoms with Gasteiger partial charge in [0.1, 0.15) is 17.6 Å². The molecule has 0 spiro atoms. The van der Waals surface area contributed by atoms with Gasteiger partial charge in [-0.15, -0.1) is 0 Å². The molecule has 6 heteroatoms. The van der Waals surface area contributed by atoms with Gasteiger partial charge in [0.25, 0.3) is 0 Å². The molecule has 0 aromatic heterocycles. The van der Waals surface area contributed by atoms with Crippen LogP contribution in [-0.2, 0) is 29.0 Å². The van der Waals surface area contributed by atoms with Gasteiger partial charge in [0.15, 0.2) is 0 Å². The Morgan fingerprint density at radius 2 is 1.62 bits per heavy atom. The fourth-order valence-corrected chi connectivity index (χ4v) is 3.75. The van der Waals surface area contributed by atoms with E-state index >= 15 is 0 Å². The number of carbonyl (C=O) groups is 2. The van der Waals surface area contributed by atoms with Crippen LogP contribution in [0.1, 0.15) is 30.0 Å². The fourth-order valence-electron chi connectivity index (χ4n) is 3.75. The van der Waals surface area contributed by atoms with Gasteiger partial charge in [0.2, 0.25) is 11.8 Å². The summed E-state index contributed by atoms with van der Waals surface area (Å²) < 4.78 is 19.8. The number of hydrogen-bond donors (Lipinski definition) is 1. The number of nitrogens with one attached hydrogen (secondary N) is 1. The summed E-state index contributed by atoms with van der Waals surface area (Å²) in [5.74, 6) is -0.205. The smallest absolute Gasteiger partial charge is 0.243 e. The molecule has 0 radical (unpaired) electrons. The number of nitrogens with zero attached hydrogens (tertiary/aromatic N) is 1. The first-order chi connectivity index (χ1) is 16.5. The van der Waals surface area contributed by atoms with E-state index in [-0.39, 0.29) is 24.8 Å². The highest BCUT2D eigenvalue weighted by Gasteiger charge is 2.30. The molecule has 0 aliphatic carbocycles. The number of ether oxygens (including phenoxy) is 1. The lowest BCUT2D eigenvalue weighted by Gasteiger charge is -2.32. The number of hydrogen-bond acceptors (Lipinski definition) is 3. The SMILES string of the molecule is CCCNC(=O)C(Cc1ccccc1)N(Cc1ccccc1F)C(=O)Cc1ccc(OC)cc1. The van der Waals surface area contributed by atoms with Gasteiger partial charge in [-0.1, -0.05) is 67.6 Å². The van der Waals surface area contributed by atoms with Crippen molar-refractivity contribution in [3.8, 4) is 5.75 Å². The van der Waals surface area contributed by atoms with E-state index in [0.29, 0.717) is 24.3 Å². The third-order valence-electron chi connectivity index (χ3n) is 5.63. The van der Waals surface area contributed by atoms with Crippen molar-refractivity contribution in [2.75, 3.05) is 13.7 Å². The Bertz CT molecular complexity index is 1070. The highest BCUT2D eigenvalue weighted by Crippen LogP contribution is 2.19. The number of benzene rings is 3. The molecule has 1 N–H and O–H groups in total. The van der Waals surface area contributed by atoms with Gasteiger partial charge in [-0.25, -0.2) is 4.39 Å². The molecule has 3 rings (SSSR count). The minimum absolute atomic E-state index is 0.00128. The molecule has 0 heterocycles. The molecule has 1 atom stereocenters. The summed E-state index contributed by atoms with van der Waals surface area (Å²) in [6.45, 7) is 2.47. The Morgan fingerprint density at radius 3 is 2.26 bits per heavy atom. The molecule has 0 saturated carbocycles. The predicted molar refractivity (Wildman–Crippen MR) is 131 cm³/mol. The van der Waals surface area contributed by atoms with Crippen molar-refractivity contribution in [3.05, 3.63) is 101 Å². The largest absolute Gasteiger partial charge is 0.497 e. The molecule has 178 valence electrons. The number of amides is 2. The van der Waals surface area contributed by atoms with Gasteiger partial charge < -0.3 is 15.0 Å². The van der Waals surface area contributed by atoms with E-state index in [1.165, 1.54) is 11.0 Å². The van der Waals surface area contributed by atoms with Gasteiger partial charge in [-0.3, -0.25) is 9.59 Å². The summed E-state index contributed by atoms with van der Waals surface area (Å²) in [4.78, 5) is 28.3. The molecule has 0 bridgehead atoms. The normalized spacial score (nSPS) is 11.5. The Labute approximate surface area is 200 Å². The van der Waals surface area contributed by atoms with Crippen molar-refractivity contribution in [2.45, 2.75) is 38.8 Å². The molecule has 0 aliphatic rings. The fraction of sp³-hybridized carbons (Fsp3) is 0.286. The molecule has 3 aromatic rings. The van der Waals surface area contributed by atoms with Gasteiger partial charge >= 0.3 is 0 Å². The minimum atomic E-state index is -0.778. The van der Waals surface area contributed by atoms with Gasteiger partial charge in [0, 0.05) is 25.1 Å². The standard InChI is InChI=1S/C28H31FN2O3/c1-3-17-30-28(33)26(18-21-9-5-4-6-10-21)31(20-23-11-7-8-12-25(23)29)27(32)19-22-13-15-24(34-2)16-14-22/h4-16,26H,3,17-20H2,1-2H3,(H,30,33). The summed E-state index contributed by atoms with van der Waals surface area (Å²) in [6, 6.07) is 22.4. The van der Waals surface area contributed by atoms with E-state index < -0.39 is 11.9 Å². The van der Waals surface area contributed by atoms with Gasteiger partial charge in [-0.05, 0) is 35.7 Å². The van der Waals surface area contributed by atoms with Crippen molar-refractivity contribution in [2.24, 2.45) is 0 Å². The molecule has 0 saturated heterocycles. The van der Waals surface area contributed by atoms with E-state index in [1.54, 1.807) is 37.4 Å². The van der Waals surface area contributed by atoms with Gasteiger partial charge in [0.05, 0.1) is 13.5 Å². The summed E-state index contributed by atoms with van der Waals surface area (Å²) in [5, 5.41) is 2.92. The van der Waals surface area contributed by atoms with Crippen LogP contribution in [0, 0.1) is 5.82 Å². The van der Waals surface area contributed by atoms with E-state index in [4.69, 9.17) is 4.74 Å².